The van der Waals surface area contributed by atoms with E-state index in [1.165, 1.54) is 0 Å². The van der Waals surface area contributed by atoms with E-state index < -0.39 is 7.14 Å². The summed E-state index contributed by atoms with van der Waals surface area (Å²) in [5, 5.41) is 3.77. The summed E-state index contributed by atoms with van der Waals surface area (Å²) < 4.78 is 28.5. The number of carbonyl (C=O) groups excluding carboxylic acids is 1. The Morgan fingerprint density at radius 2 is 1.79 bits per heavy atom. The van der Waals surface area contributed by atoms with E-state index in [1.807, 2.05) is 30.3 Å². The van der Waals surface area contributed by atoms with E-state index in [0.717, 1.165) is 29.3 Å². The van der Waals surface area contributed by atoms with E-state index in [1.54, 1.807) is 31.3 Å². The quantitative estimate of drug-likeness (QED) is 0.774. The number of likely N-dealkylation sites (N-methyl/N-ethyl adjacent to an activating group) is 1. The topological polar surface area (TPSA) is 49.4 Å². The van der Waals surface area contributed by atoms with E-state index in [2.05, 4.69) is 5.32 Å². The minimum absolute atomic E-state index is 0.0806. The second-order valence-corrected chi connectivity index (χ2v) is 11.3. The molecule has 4 rings (SSSR count). The fraction of sp³-hybridized carbons (Fsp3) is 0.409. The van der Waals surface area contributed by atoms with Crippen LogP contribution in [0.25, 0.3) is 11.1 Å². The maximum Gasteiger partial charge on any atom is 0.244 e. The van der Waals surface area contributed by atoms with Crippen LogP contribution in [0.1, 0.15) is 30.7 Å². The van der Waals surface area contributed by atoms with Crippen LogP contribution in [0, 0.1) is 5.82 Å². The lowest BCUT2D eigenvalue weighted by molar-refractivity contribution is -0.118. The SMILES string of the molecule is CNC1CCN(c2ccc(-c3ccccc3P(C)(C)=O)c(C3CC3)c2F)C1=O. The number of nitrogens with zero attached hydrogens (tertiary/aromatic N) is 1. The molecule has 1 saturated heterocycles. The van der Waals surface area contributed by atoms with Crippen molar-refractivity contribution in [1.29, 1.82) is 0 Å². The van der Waals surface area contributed by atoms with Crippen LogP contribution in [0.5, 0.6) is 0 Å². The van der Waals surface area contributed by atoms with Crippen LogP contribution in [0.4, 0.5) is 10.1 Å². The Balaban J connectivity index is 1.85. The van der Waals surface area contributed by atoms with Crippen LogP contribution in [-0.2, 0) is 9.36 Å². The zero-order valence-corrected chi connectivity index (χ0v) is 17.4. The Morgan fingerprint density at radius 1 is 1.07 bits per heavy atom. The largest absolute Gasteiger partial charge is 0.319 e. The number of hydrogen-bond donors (Lipinski definition) is 1. The molecule has 4 nitrogen and oxygen atoms in total. The minimum atomic E-state index is -2.52. The number of hydrogen-bond acceptors (Lipinski definition) is 3. The molecule has 1 N–H and O–H groups in total. The van der Waals surface area contributed by atoms with E-state index in [9.17, 15) is 9.36 Å². The van der Waals surface area contributed by atoms with E-state index >= 15 is 4.39 Å². The van der Waals surface area contributed by atoms with Gasteiger partial charge in [0, 0.05) is 17.4 Å². The van der Waals surface area contributed by atoms with Crippen molar-refractivity contribution < 1.29 is 13.8 Å². The molecule has 148 valence electrons. The van der Waals surface area contributed by atoms with Gasteiger partial charge in [-0.15, -0.1) is 0 Å². The first-order chi connectivity index (χ1) is 13.3. The number of amides is 1. The maximum atomic E-state index is 15.7. The Morgan fingerprint density at radius 3 is 2.39 bits per heavy atom. The van der Waals surface area contributed by atoms with Gasteiger partial charge in [0.05, 0.1) is 11.7 Å². The average molecular weight is 400 g/mol. The lowest BCUT2D eigenvalue weighted by Gasteiger charge is -2.22. The van der Waals surface area contributed by atoms with Gasteiger partial charge in [0.1, 0.15) is 7.14 Å². The van der Waals surface area contributed by atoms with Gasteiger partial charge in [-0.1, -0.05) is 30.3 Å². The number of carbonyl (C=O) groups is 1. The molecule has 0 spiro atoms. The van der Waals surface area contributed by atoms with E-state index in [4.69, 9.17) is 0 Å². The molecule has 6 heteroatoms. The molecular weight excluding hydrogens is 374 g/mol. The Hall–Kier alpha value is -1.97. The van der Waals surface area contributed by atoms with Gasteiger partial charge >= 0.3 is 0 Å². The van der Waals surface area contributed by atoms with Crippen LogP contribution < -0.4 is 15.5 Å². The highest BCUT2D eigenvalue weighted by Crippen LogP contribution is 2.49. The van der Waals surface area contributed by atoms with E-state index in [0.29, 0.717) is 24.2 Å². The Bertz CT molecular complexity index is 980. The molecule has 2 fully saturated rings. The fourth-order valence-corrected chi connectivity index (χ4v) is 5.37. The van der Waals surface area contributed by atoms with E-state index in [-0.39, 0.29) is 23.7 Å². The zero-order chi connectivity index (χ0) is 20.1. The van der Waals surface area contributed by atoms with Crippen molar-refractivity contribution in [1.82, 2.24) is 5.32 Å². The highest BCUT2D eigenvalue weighted by Gasteiger charge is 2.37. The monoisotopic (exact) mass is 400 g/mol. The lowest BCUT2D eigenvalue weighted by atomic mass is 9.95. The summed E-state index contributed by atoms with van der Waals surface area (Å²) in [6.45, 7) is 4.00. The predicted octanol–water partition coefficient (Wildman–Crippen LogP) is 3.94. The number of anilines is 1. The molecule has 1 heterocycles. The molecule has 0 aromatic heterocycles. The molecule has 1 aliphatic heterocycles. The molecule has 0 radical (unpaired) electrons. The van der Waals surface area contributed by atoms with Crippen LogP contribution >= 0.6 is 7.14 Å². The molecule has 1 atom stereocenters. The summed E-state index contributed by atoms with van der Waals surface area (Å²) in [4.78, 5) is 14.1. The lowest BCUT2D eigenvalue weighted by Crippen LogP contribution is -2.36. The first-order valence-corrected chi connectivity index (χ1v) is 12.4. The first kappa shape index (κ1) is 19.4. The number of halogens is 1. The van der Waals surface area contributed by atoms with Crippen molar-refractivity contribution >= 4 is 24.0 Å². The predicted molar refractivity (Wildman–Crippen MR) is 113 cm³/mol. The smallest absolute Gasteiger partial charge is 0.244 e. The Kier molecular flexibility index (Phi) is 4.93. The van der Waals surface area contributed by atoms with Crippen LogP contribution in [0.15, 0.2) is 36.4 Å². The number of rotatable bonds is 5. The standard InChI is InChI=1S/C22H26FN2O2P/c1-24-17-12-13-25(22(17)26)18-11-10-16(20(21(18)23)14-8-9-14)15-6-4-5-7-19(15)28(2,3)27/h4-7,10-11,14,17,24H,8-9,12-13H2,1-3H3. The first-order valence-electron chi connectivity index (χ1n) is 9.79. The van der Waals surface area contributed by atoms with Crippen molar-refractivity contribution in [3.63, 3.8) is 0 Å². The van der Waals surface area contributed by atoms with Gasteiger partial charge in [-0.2, -0.15) is 0 Å². The van der Waals surface area contributed by atoms with Crippen molar-refractivity contribution in [2.45, 2.75) is 31.2 Å². The Labute approximate surface area is 165 Å². The summed E-state index contributed by atoms with van der Waals surface area (Å²) in [6.07, 6.45) is 2.56. The normalized spacial score (nSPS) is 20.1. The summed E-state index contributed by atoms with van der Waals surface area (Å²) in [5.41, 5.74) is 2.67. The molecule has 2 aliphatic rings. The molecule has 1 saturated carbocycles. The van der Waals surface area contributed by atoms with Crippen LogP contribution in [0.3, 0.4) is 0 Å². The molecular formula is C22H26FN2O2P. The second kappa shape index (κ2) is 7.13. The molecule has 28 heavy (non-hydrogen) atoms. The highest BCUT2D eigenvalue weighted by molar-refractivity contribution is 7.70. The number of nitrogens with one attached hydrogen (secondary N) is 1. The number of benzene rings is 2. The maximum absolute atomic E-state index is 15.7. The fourth-order valence-electron chi connectivity index (χ4n) is 4.15. The third-order valence-corrected chi connectivity index (χ3v) is 7.31. The second-order valence-electron chi connectivity index (χ2n) is 8.12. The van der Waals surface area contributed by atoms with Gasteiger partial charge in [0.25, 0.3) is 0 Å². The van der Waals surface area contributed by atoms with Gasteiger partial charge in [-0.05, 0) is 62.8 Å². The minimum Gasteiger partial charge on any atom is -0.319 e. The third kappa shape index (κ3) is 3.31. The van der Waals surface area contributed by atoms with Gasteiger partial charge < -0.3 is 14.8 Å². The highest BCUT2D eigenvalue weighted by atomic mass is 31.2. The third-order valence-electron chi connectivity index (χ3n) is 5.76. The molecule has 2 aromatic carbocycles. The van der Waals surface area contributed by atoms with Crippen molar-refractivity contribution in [3.05, 3.63) is 47.8 Å². The van der Waals surface area contributed by atoms with Gasteiger partial charge in [0.15, 0.2) is 5.82 Å². The molecule has 2 aromatic rings. The van der Waals surface area contributed by atoms with Gasteiger partial charge in [-0.3, -0.25) is 4.79 Å². The van der Waals surface area contributed by atoms with Crippen LogP contribution in [0.2, 0.25) is 0 Å². The molecule has 1 unspecified atom stereocenters. The van der Waals surface area contributed by atoms with Crippen molar-refractivity contribution in [3.8, 4) is 11.1 Å². The summed E-state index contributed by atoms with van der Waals surface area (Å²) in [7, 11) is -0.760. The summed E-state index contributed by atoms with van der Waals surface area (Å²) >= 11 is 0. The molecule has 0 bridgehead atoms. The van der Waals surface area contributed by atoms with Gasteiger partial charge in [-0.25, -0.2) is 4.39 Å². The van der Waals surface area contributed by atoms with Crippen molar-refractivity contribution in [2.75, 3.05) is 31.8 Å². The average Bonchev–Trinajstić information content (AvgIpc) is 3.43. The molecule has 1 aliphatic carbocycles. The van der Waals surface area contributed by atoms with Crippen molar-refractivity contribution in [2.24, 2.45) is 0 Å². The van der Waals surface area contributed by atoms with Gasteiger partial charge in [0.2, 0.25) is 5.91 Å². The summed E-state index contributed by atoms with van der Waals surface area (Å²) in [6, 6.07) is 10.9. The summed E-state index contributed by atoms with van der Waals surface area (Å²) in [5.74, 6) is -0.223. The zero-order valence-electron chi connectivity index (χ0n) is 16.5. The van der Waals surface area contributed by atoms with Crippen LogP contribution in [-0.4, -0.2) is 38.9 Å². The molecule has 1 amide bonds.